The normalized spacial score (nSPS) is 13.3. The predicted molar refractivity (Wildman–Crippen MR) is 104 cm³/mol. The average Bonchev–Trinajstić information content (AvgIpc) is 2.97. The lowest BCUT2D eigenvalue weighted by molar-refractivity contribution is 0.0917. The van der Waals surface area contributed by atoms with Crippen LogP contribution in [0.5, 0.6) is 0 Å². The number of rotatable bonds is 5. The van der Waals surface area contributed by atoms with Crippen molar-refractivity contribution in [2.45, 2.75) is 32.2 Å². The third-order valence-electron chi connectivity index (χ3n) is 5.02. The van der Waals surface area contributed by atoms with Crippen molar-refractivity contribution in [3.8, 4) is 12.3 Å². The maximum Gasteiger partial charge on any atom is 0.266 e. The lowest BCUT2D eigenvalue weighted by Crippen LogP contribution is -2.47. The van der Waals surface area contributed by atoms with Gasteiger partial charge in [-0.3, -0.25) is 14.4 Å². The molecule has 1 N–H and O–H groups in total. The Bertz CT molecular complexity index is 933. The summed E-state index contributed by atoms with van der Waals surface area (Å²) in [6.07, 6.45) is 6.77. The van der Waals surface area contributed by atoms with E-state index >= 15 is 0 Å². The van der Waals surface area contributed by atoms with E-state index in [9.17, 15) is 14.4 Å². The van der Waals surface area contributed by atoms with E-state index in [0.29, 0.717) is 24.0 Å². The van der Waals surface area contributed by atoms with Crippen molar-refractivity contribution in [1.29, 1.82) is 0 Å². The van der Waals surface area contributed by atoms with E-state index in [1.807, 2.05) is 13.8 Å². The number of hydrogen-bond donors (Lipinski definition) is 1. The SMILES string of the molecule is C#CC(CC)(CC)NC(=O)c1ccccc1N1C(=O)c2ccccc2C1=O. The van der Waals surface area contributed by atoms with Crippen LogP contribution in [-0.2, 0) is 0 Å². The summed E-state index contributed by atoms with van der Waals surface area (Å²) in [6, 6.07) is 13.2. The van der Waals surface area contributed by atoms with Gasteiger partial charge in [-0.1, -0.05) is 44.0 Å². The highest BCUT2D eigenvalue weighted by Crippen LogP contribution is 2.31. The highest BCUT2D eigenvalue weighted by molar-refractivity contribution is 6.35. The minimum Gasteiger partial charge on any atom is -0.336 e. The smallest absolute Gasteiger partial charge is 0.266 e. The number of nitrogens with zero attached hydrogens (tertiary/aromatic N) is 1. The maximum absolute atomic E-state index is 12.9. The quantitative estimate of drug-likeness (QED) is 0.656. The maximum atomic E-state index is 12.9. The minimum atomic E-state index is -0.772. The van der Waals surface area contributed by atoms with Crippen LogP contribution in [0.3, 0.4) is 0 Å². The fourth-order valence-corrected chi connectivity index (χ4v) is 3.22. The summed E-state index contributed by atoms with van der Waals surface area (Å²) >= 11 is 0. The van der Waals surface area contributed by atoms with E-state index in [0.717, 1.165) is 4.90 Å². The Balaban J connectivity index is 2.01. The van der Waals surface area contributed by atoms with Gasteiger partial charge in [0, 0.05) is 0 Å². The molecule has 1 aliphatic rings. The first-order valence-corrected chi connectivity index (χ1v) is 8.85. The number of terminal acetylenes is 1. The second kappa shape index (κ2) is 7.08. The molecule has 0 aliphatic carbocycles. The van der Waals surface area contributed by atoms with E-state index in [4.69, 9.17) is 6.42 Å². The van der Waals surface area contributed by atoms with Gasteiger partial charge in [0.15, 0.2) is 0 Å². The van der Waals surface area contributed by atoms with Crippen LogP contribution < -0.4 is 10.2 Å². The molecule has 5 nitrogen and oxygen atoms in total. The second-order valence-electron chi connectivity index (χ2n) is 6.40. The zero-order chi connectivity index (χ0) is 19.6. The molecule has 0 unspecified atom stereocenters. The summed E-state index contributed by atoms with van der Waals surface area (Å²) in [5.41, 5.74) is 0.370. The molecule has 0 bridgehead atoms. The van der Waals surface area contributed by atoms with Crippen molar-refractivity contribution in [2.24, 2.45) is 0 Å². The molecule has 0 radical (unpaired) electrons. The molecular weight excluding hydrogens is 340 g/mol. The highest BCUT2D eigenvalue weighted by atomic mass is 16.2. The number of hydrogen-bond acceptors (Lipinski definition) is 3. The zero-order valence-electron chi connectivity index (χ0n) is 15.3. The van der Waals surface area contributed by atoms with Gasteiger partial charge < -0.3 is 5.32 Å². The number of carbonyl (C=O) groups is 3. The topological polar surface area (TPSA) is 66.5 Å². The molecule has 2 aromatic rings. The fourth-order valence-electron chi connectivity index (χ4n) is 3.22. The number of imide groups is 1. The third-order valence-corrected chi connectivity index (χ3v) is 5.02. The summed E-state index contributed by atoms with van der Waals surface area (Å²) in [7, 11) is 0. The van der Waals surface area contributed by atoms with Gasteiger partial charge in [0.25, 0.3) is 17.7 Å². The Kier molecular flexibility index (Phi) is 4.83. The lowest BCUT2D eigenvalue weighted by atomic mass is 9.93. The van der Waals surface area contributed by atoms with Crippen LogP contribution in [0.4, 0.5) is 5.69 Å². The fraction of sp³-hybridized carbons (Fsp3) is 0.227. The molecular formula is C22H20N2O3. The molecule has 0 aromatic heterocycles. The molecule has 1 heterocycles. The van der Waals surface area contributed by atoms with Gasteiger partial charge in [0.05, 0.1) is 22.4 Å². The van der Waals surface area contributed by atoms with Crippen molar-refractivity contribution in [3.05, 3.63) is 65.2 Å². The van der Waals surface area contributed by atoms with Crippen molar-refractivity contribution < 1.29 is 14.4 Å². The number of benzene rings is 2. The number of fused-ring (bicyclic) bond motifs is 1. The standard InChI is InChI=1S/C22H20N2O3/c1-4-22(5-2,6-3)23-19(25)17-13-9-10-14-18(17)24-20(26)15-11-7-8-12-16(15)21(24)27/h1,7-14H,5-6H2,2-3H3,(H,23,25). The number of carbonyl (C=O) groups excluding carboxylic acids is 3. The van der Waals surface area contributed by atoms with E-state index in [1.165, 1.54) is 0 Å². The summed E-state index contributed by atoms with van der Waals surface area (Å²) < 4.78 is 0. The molecule has 0 fully saturated rings. The average molecular weight is 360 g/mol. The Morgan fingerprint density at radius 3 is 2.04 bits per heavy atom. The molecule has 0 atom stereocenters. The highest BCUT2D eigenvalue weighted by Gasteiger charge is 2.38. The van der Waals surface area contributed by atoms with Gasteiger partial charge in [0.1, 0.15) is 5.54 Å². The van der Waals surface area contributed by atoms with Crippen LogP contribution in [0.25, 0.3) is 0 Å². The van der Waals surface area contributed by atoms with E-state index in [2.05, 4.69) is 11.2 Å². The second-order valence-corrected chi connectivity index (χ2v) is 6.40. The Labute approximate surface area is 158 Å². The van der Waals surface area contributed by atoms with Gasteiger partial charge >= 0.3 is 0 Å². The van der Waals surface area contributed by atoms with Gasteiger partial charge in [0.2, 0.25) is 0 Å². The molecule has 5 heteroatoms. The van der Waals surface area contributed by atoms with Crippen LogP contribution in [0, 0.1) is 12.3 Å². The van der Waals surface area contributed by atoms with Gasteiger partial charge in [-0.05, 0) is 37.1 Å². The van der Waals surface area contributed by atoms with Crippen LogP contribution >= 0.6 is 0 Å². The molecule has 0 spiro atoms. The van der Waals surface area contributed by atoms with Crippen LogP contribution in [0.1, 0.15) is 57.8 Å². The number of nitrogens with one attached hydrogen (secondary N) is 1. The molecule has 1 aliphatic heterocycles. The van der Waals surface area contributed by atoms with E-state index in [1.54, 1.807) is 48.5 Å². The number of anilines is 1. The summed E-state index contributed by atoms with van der Waals surface area (Å²) in [4.78, 5) is 39.5. The molecule has 27 heavy (non-hydrogen) atoms. The van der Waals surface area contributed by atoms with E-state index in [-0.39, 0.29) is 11.3 Å². The summed E-state index contributed by atoms with van der Waals surface area (Å²) in [5.74, 6) is 1.36. The van der Waals surface area contributed by atoms with Crippen molar-refractivity contribution in [1.82, 2.24) is 5.32 Å². The van der Waals surface area contributed by atoms with E-state index < -0.39 is 23.3 Å². The molecule has 2 aromatic carbocycles. The molecule has 3 amide bonds. The third kappa shape index (κ3) is 3.00. The molecule has 136 valence electrons. The Hall–Kier alpha value is -3.39. The molecule has 0 saturated carbocycles. The Morgan fingerprint density at radius 1 is 1.00 bits per heavy atom. The van der Waals surface area contributed by atoms with Crippen molar-refractivity contribution in [2.75, 3.05) is 4.90 Å². The Morgan fingerprint density at radius 2 is 1.52 bits per heavy atom. The van der Waals surface area contributed by atoms with Crippen LogP contribution in [0.15, 0.2) is 48.5 Å². The first-order chi connectivity index (χ1) is 13.0. The first kappa shape index (κ1) is 18.4. The number of amides is 3. The van der Waals surface area contributed by atoms with Crippen molar-refractivity contribution in [3.63, 3.8) is 0 Å². The van der Waals surface area contributed by atoms with Crippen LogP contribution in [0.2, 0.25) is 0 Å². The summed E-state index contributed by atoms with van der Waals surface area (Å²) in [5, 5.41) is 2.89. The predicted octanol–water partition coefficient (Wildman–Crippen LogP) is 3.41. The van der Waals surface area contributed by atoms with Gasteiger partial charge in [-0.15, -0.1) is 6.42 Å². The molecule has 0 saturated heterocycles. The first-order valence-electron chi connectivity index (χ1n) is 8.85. The monoisotopic (exact) mass is 360 g/mol. The zero-order valence-corrected chi connectivity index (χ0v) is 15.3. The van der Waals surface area contributed by atoms with Gasteiger partial charge in [-0.25, -0.2) is 4.90 Å². The lowest BCUT2D eigenvalue weighted by Gasteiger charge is -2.28. The van der Waals surface area contributed by atoms with Gasteiger partial charge in [-0.2, -0.15) is 0 Å². The van der Waals surface area contributed by atoms with Crippen molar-refractivity contribution >= 4 is 23.4 Å². The largest absolute Gasteiger partial charge is 0.336 e. The summed E-state index contributed by atoms with van der Waals surface area (Å²) in [6.45, 7) is 3.80. The minimum absolute atomic E-state index is 0.230. The number of para-hydroxylation sites is 1. The van der Waals surface area contributed by atoms with Crippen LogP contribution in [-0.4, -0.2) is 23.3 Å². The molecule has 3 rings (SSSR count).